The normalized spacial score (nSPS) is 34.2. The van der Waals surface area contributed by atoms with Gasteiger partial charge in [0.15, 0.2) is 0 Å². The molecule has 18 heavy (non-hydrogen) atoms. The van der Waals surface area contributed by atoms with E-state index in [1.165, 1.54) is 25.3 Å². The van der Waals surface area contributed by atoms with Gasteiger partial charge in [-0.15, -0.1) is 11.6 Å². The van der Waals surface area contributed by atoms with Gasteiger partial charge in [-0.1, -0.05) is 24.1 Å². The zero-order valence-corrected chi connectivity index (χ0v) is 11.8. The number of hydrogen-bond donors (Lipinski definition) is 0. The molecule has 0 amide bonds. The van der Waals surface area contributed by atoms with Crippen LogP contribution in [-0.2, 0) is 6.42 Å². The fraction of sp³-hybridized carbons (Fsp3) is 0.600. The van der Waals surface area contributed by atoms with Crippen LogP contribution in [0.4, 0.5) is 4.39 Å². The first-order valence-corrected chi connectivity index (χ1v) is 7.55. The molecule has 1 aromatic carbocycles. The summed E-state index contributed by atoms with van der Waals surface area (Å²) >= 11 is 12.4. The molecule has 2 fully saturated rings. The van der Waals surface area contributed by atoms with Crippen LogP contribution in [0.3, 0.4) is 0 Å². The zero-order chi connectivity index (χ0) is 12.8. The Balaban J connectivity index is 1.91. The molecule has 98 valence electrons. The Bertz CT molecular complexity index is 440. The van der Waals surface area contributed by atoms with E-state index in [4.69, 9.17) is 23.2 Å². The third-order valence-electron chi connectivity index (χ3n) is 4.96. The molecule has 3 atom stereocenters. The summed E-state index contributed by atoms with van der Waals surface area (Å²) in [4.78, 5) is 0. The van der Waals surface area contributed by atoms with E-state index in [2.05, 4.69) is 0 Å². The highest BCUT2D eigenvalue weighted by Crippen LogP contribution is 2.58. The van der Waals surface area contributed by atoms with Crippen LogP contribution in [0.5, 0.6) is 0 Å². The van der Waals surface area contributed by atoms with Gasteiger partial charge in [0, 0.05) is 16.5 Å². The van der Waals surface area contributed by atoms with Crippen LogP contribution in [0, 0.1) is 23.1 Å². The summed E-state index contributed by atoms with van der Waals surface area (Å²) in [6.45, 7) is 0. The van der Waals surface area contributed by atoms with Crippen LogP contribution in [-0.4, -0.2) is 5.88 Å². The minimum atomic E-state index is -0.185. The quantitative estimate of drug-likeness (QED) is 0.681. The summed E-state index contributed by atoms with van der Waals surface area (Å²) in [5.74, 6) is 1.91. The molecule has 0 heterocycles. The van der Waals surface area contributed by atoms with E-state index in [9.17, 15) is 4.39 Å². The van der Waals surface area contributed by atoms with Crippen LogP contribution in [0.2, 0.25) is 5.02 Å². The maximum Gasteiger partial charge on any atom is 0.127 e. The summed E-state index contributed by atoms with van der Waals surface area (Å²) in [6.07, 6.45) is 5.70. The van der Waals surface area contributed by atoms with Crippen molar-refractivity contribution >= 4 is 23.2 Å². The zero-order valence-electron chi connectivity index (χ0n) is 10.3. The van der Waals surface area contributed by atoms with Gasteiger partial charge in [0.25, 0.3) is 0 Å². The Kier molecular flexibility index (Phi) is 3.32. The first kappa shape index (κ1) is 12.7. The number of alkyl halides is 1. The lowest BCUT2D eigenvalue weighted by Crippen LogP contribution is -2.32. The summed E-state index contributed by atoms with van der Waals surface area (Å²) in [7, 11) is 0. The van der Waals surface area contributed by atoms with E-state index in [0.717, 1.165) is 12.3 Å². The van der Waals surface area contributed by atoms with Gasteiger partial charge in [0.2, 0.25) is 0 Å². The van der Waals surface area contributed by atoms with Gasteiger partial charge in [0.05, 0.1) is 0 Å². The molecule has 0 spiro atoms. The topological polar surface area (TPSA) is 0 Å². The lowest BCUT2D eigenvalue weighted by molar-refractivity contribution is 0.191. The monoisotopic (exact) mass is 286 g/mol. The van der Waals surface area contributed by atoms with E-state index >= 15 is 0 Å². The minimum Gasteiger partial charge on any atom is -0.207 e. The second-order valence-corrected chi connectivity index (χ2v) is 6.63. The van der Waals surface area contributed by atoms with Crippen molar-refractivity contribution in [3.63, 3.8) is 0 Å². The lowest BCUT2D eigenvalue weighted by Gasteiger charge is -2.36. The van der Waals surface area contributed by atoms with Gasteiger partial charge < -0.3 is 0 Å². The Morgan fingerprint density at radius 2 is 2.17 bits per heavy atom. The number of fused-ring (bicyclic) bond motifs is 2. The van der Waals surface area contributed by atoms with Gasteiger partial charge in [-0.2, -0.15) is 0 Å². The molecule has 1 aromatic rings. The third kappa shape index (κ3) is 1.96. The van der Waals surface area contributed by atoms with Crippen LogP contribution in [0.15, 0.2) is 18.2 Å². The molecular formula is C15H17Cl2F. The number of hydrogen-bond acceptors (Lipinski definition) is 0. The highest BCUT2D eigenvalue weighted by molar-refractivity contribution is 6.31. The van der Waals surface area contributed by atoms with Crippen molar-refractivity contribution in [3.8, 4) is 0 Å². The molecule has 2 aliphatic rings. The van der Waals surface area contributed by atoms with E-state index in [0.29, 0.717) is 28.8 Å². The molecule has 0 aliphatic heterocycles. The van der Waals surface area contributed by atoms with Crippen molar-refractivity contribution < 1.29 is 4.39 Å². The molecular weight excluding hydrogens is 270 g/mol. The number of benzene rings is 1. The van der Waals surface area contributed by atoms with Crippen molar-refractivity contribution in [1.29, 1.82) is 0 Å². The van der Waals surface area contributed by atoms with E-state index in [-0.39, 0.29) is 11.2 Å². The first-order valence-electron chi connectivity index (χ1n) is 6.63. The maximum atomic E-state index is 13.9. The molecule has 0 radical (unpaired) electrons. The molecule has 0 nitrogen and oxygen atoms in total. The molecule has 3 heteroatoms. The Hall–Kier alpha value is -0.270. The first-order chi connectivity index (χ1) is 8.64. The Morgan fingerprint density at radius 1 is 1.33 bits per heavy atom. The fourth-order valence-electron chi connectivity index (χ4n) is 4.04. The molecule has 3 rings (SSSR count). The Morgan fingerprint density at radius 3 is 2.72 bits per heavy atom. The summed E-state index contributed by atoms with van der Waals surface area (Å²) in [5, 5.41) is 0.544. The third-order valence-corrected chi connectivity index (χ3v) is 5.85. The van der Waals surface area contributed by atoms with Gasteiger partial charge in [-0.3, -0.25) is 0 Å². The van der Waals surface area contributed by atoms with Crippen LogP contribution in [0.25, 0.3) is 0 Å². The van der Waals surface area contributed by atoms with Crippen LogP contribution in [0.1, 0.15) is 31.2 Å². The van der Waals surface area contributed by atoms with Crippen molar-refractivity contribution in [2.24, 2.45) is 17.3 Å². The second kappa shape index (κ2) is 4.68. The van der Waals surface area contributed by atoms with Gasteiger partial charge in [-0.05, 0) is 55.1 Å². The SMILES string of the molecule is Fc1cccc(Cl)c1CC1(CCl)CC2CCC1C2. The number of halogens is 3. The van der Waals surface area contributed by atoms with E-state index < -0.39 is 0 Å². The van der Waals surface area contributed by atoms with E-state index in [1.54, 1.807) is 12.1 Å². The summed E-state index contributed by atoms with van der Waals surface area (Å²) in [6, 6.07) is 4.93. The number of rotatable bonds is 3. The van der Waals surface area contributed by atoms with E-state index in [1.807, 2.05) is 0 Å². The largest absolute Gasteiger partial charge is 0.207 e. The molecule has 2 aliphatic carbocycles. The molecule has 0 saturated heterocycles. The smallest absolute Gasteiger partial charge is 0.127 e. The predicted octanol–water partition coefficient (Wildman–Crippen LogP) is 5.07. The van der Waals surface area contributed by atoms with Crippen molar-refractivity contribution in [2.75, 3.05) is 5.88 Å². The van der Waals surface area contributed by atoms with Gasteiger partial charge in [0.1, 0.15) is 5.82 Å². The summed E-state index contributed by atoms with van der Waals surface area (Å²) < 4.78 is 13.9. The average molecular weight is 287 g/mol. The molecule has 2 bridgehead atoms. The van der Waals surface area contributed by atoms with Gasteiger partial charge in [-0.25, -0.2) is 4.39 Å². The van der Waals surface area contributed by atoms with Crippen LogP contribution >= 0.6 is 23.2 Å². The van der Waals surface area contributed by atoms with Crippen LogP contribution < -0.4 is 0 Å². The van der Waals surface area contributed by atoms with Crippen molar-refractivity contribution in [1.82, 2.24) is 0 Å². The van der Waals surface area contributed by atoms with Gasteiger partial charge >= 0.3 is 0 Å². The minimum absolute atomic E-state index is 0.0797. The molecule has 2 saturated carbocycles. The molecule has 0 aromatic heterocycles. The van der Waals surface area contributed by atoms with Crippen molar-refractivity contribution in [2.45, 2.75) is 32.1 Å². The van der Waals surface area contributed by atoms with Crippen molar-refractivity contribution in [3.05, 3.63) is 34.6 Å². The lowest BCUT2D eigenvalue weighted by atomic mass is 9.70. The summed E-state index contributed by atoms with van der Waals surface area (Å²) in [5.41, 5.74) is 0.739. The second-order valence-electron chi connectivity index (χ2n) is 5.95. The molecule has 0 N–H and O–H groups in total. The molecule has 3 unspecified atom stereocenters. The predicted molar refractivity (Wildman–Crippen MR) is 73.7 cm³/mol. The average Bonchev–Trinajstić information content (AvgIpc) is 2.95. The standard InChI is InChI=1S/C15H17Cl2F/c16-9-15(7-10-4-5-11(15)6-10)8-12-13(17)2-1-3-14(12)18/h1-3,10-11H,4-9H2. The maximum absolute atomic E-state index is 13.9. The Labute approximate surface area is 117 Å². The highest BCUT2D eigenvalue weighted by atomic mass is 35.5. The highest BCUT2D eigenvalue weighted by Gasteiger charge is 2.50. The fourth-order valence-corrected chi connectivity index (χ4v) is 4.69.